The van der Waals surface area contributed by atoms with E-state index in [1.807, 2.05) is 12.3 Å². The fourth-order valence-corrected chi connectivity index (χ4v) is 3.51. The molecule has 5 nitrogen and oxygen atoms in total. The highest BCUT2D eigenvalue weighted by Gasteiger charge is 2.14. The summed E-state index contributed by atoms with van der Waals surface area (Å²) in [4.78, 5) is 34.1. The third-order valence-corrected chi connectivity index (χ3v) is 5.32. The number of hydrogen-bond acceptors (Lipinski definition) is 5. The minimum absolute atomic E-state index is 0.0797. The standard InChI is InChI=1S/C21H20FN3O2S/c1-4-21(27)25(3)15-6-7-16(17(22)9-15)18-8-5-14(11-23-18)19(26)10-20-24-13(2)12-28-20/h5-9,11-12H,4,10H2,1-3H3. The van der Waals surface area contributed by atoms with Crippen molar-refractivity contribution in [1.82, 2.24) is 9.97 Å². The number of ketones is 1. The Kier molecular flexibility index (Phi) is 5.94. The molecule has 0 saturated carbocycles. The third-order valence-electron chi connectivity index (χ3n) is 4.36. The zero-order valence-corrected chi connectivity index (χ0v) is 16.7. The molecule has 2 heterocycles. The Balaban J connectivity index is 1.77. The molecule has 3 aromatic rings. The van der Waals surface area contributed by atoms with Gasteiger partial charge in [-0.3, -0.25) is 14.6 Å². The number of thiazole rings is 1. The molecule has 7 heteroatoms. The molecular formula is C21H20FN3O2S. The number of nitrogens with zero attached hydrogens (tertiary/aromatic N) is 3. The van der Waals surface area contributed by atoms with Gasteiger partial charge in [-0.15, -0.1) is 11.3 Å². The number of aryl methyl sites for hydroxylation is 1. The van der Waals surface area contributed by atoms with Gasteiger partial charge in [0.15, 0.2) is 5.78 Å². The van der Waals surface area contributed by atoms with Gasteiger partial charge in [0.1, 0.15) is 10.8 Å². The Bertz CT molecular complexity index is 1010. The highest BCUT2D eigenvalue weighted by molar-refractivity contribution is 7.09. The van der Waals surface area contributed by atoms with Crippen LogP contribution < -0.4 is 4.90 Å². The highest BCUT2D eigenvalue weighted by atomic mass is 32.1. The van der Waals surface area contributed by atoms with Gasteiger partial charge >= 0.3 is 0 Å². The Labute approximate surface area is 166 Å². The number of halogens is 1. The van der Waals surface area contributed by atoms with E-state index in [0.717, 1.165) is 10.7 Å². The van der Waals surface area contributed by atoms with Crippen LogP contribution >= 0.6 is 11.3 Å². The van der Waals surface area contributed by atoms with Gasteiger partial charge in [-0.05, 0) is 37.3 Å². The van der Waals surface area contributed by atoms with Crippen LogP contribution in [-0.2, 0) is 11.2 Å². The molecule has 0 fully saturated rings. The maximum atomic E-state index is 14.6. The summed E-state index contributed by atoms with van der Waals surface area (Å²) in [5, 5.41) is 2.67. The lowest BCUT2D eigenvalue weighted by Gasteiger charge is -2.17. The van der Waals surface area contributed by atoms with Crippen molar-refractivity contribution < 1.29 is 14.0 Å². The summed E-state index contributed by atoms with van der Waals surface area (Å²) in [6.07, 6.45) is 2.02. The van der Waals surface area contributed by atoms with Crippen LogP contribution in [0.4, 0.5) is 10.1 Å². The Hall–Kier alpha value is -2.93. The largest absolute Gasteiger partial charge is 0.315 e. The summed E-state index contributed by atoms with van der Waals surface area (Å²) in [5.41, 5.74) is 2.58. The number of carbonyl (C=O) groups excluding carboxylic acids is 2. The zero-order chi connectivity index (χ0) is 20.3. The smallest absolute Gasteiger partial charge is 0.226 e. The van der Waals surface area contributed by atoms with Gasteiger partial charge in [-0.25, -0.2) is 9.37 Å². The number of hydrogen-bond donors (Lipinski definition) is 0. The van der Waals surface area contributed by atoms with E-state index >= 15 is 0 Å². The number of carbonyl (C=O) groups is 2. The molecule has 0 bridgehead atoms. The Morgan fingerprint density at radius 3 is 2.57 bits per heavy atom. The van der Waals surface area contributed by atoms with Gasteiger partial charge in [0.2, 0.25) is 5.91 Å². The van der Waals surface area contributed by atoms with Crippen LogP contribution in [0.15, 0.2) is 41.9 Å². The minimum Gasteiger partial charge on any atom is -0.315 e. The van der Waals surface area contributed by atoms with E-state index in [4.69, 9.17) is 0 Å². The van der Waals surface area contributed by atoms with Crippen LogP contribution in [0, 0.1) is 12.7 Å². The second kappa shape index (κ2) is 8.39. The maximum Gasteiger partial charge on any atom is 0.226 e. The molecule has 1 aromatic carbocycles. The number of anilines is 1. The number of Topliss-reactive ketones (excluding diaryl/α,β-unsaturated/α-hetero) is 1. The van der Waals surface area contributed by atoms with Gasteiger partial charge < -0.3 is 4.90 Å². The number of pyridine rings is 1. The van der Waals surface area contributed by atoms with Crippen molar-refractivity contribution in [2.75, 3.05) is 11.9 Å². The van der Waals surface area contributed by atoms with Crippen molar-refractivity contribution in [2.24, 2.45) is 0 Å². The van der Waals surface area contributed by atoms with Crippen LogP contribution in [0.1, 0.15) is 34.4 Å². The molecule has 0 aliphatic carbocycles. The number of amides is 1. The topological polar surface area (TPSA) is 63.2 Å². The van der Waals surface area contributed by atoms with Crippen molar-refractivity contribution in [3.63, 3.8) is 0 Å². The number of rotatable bonds is 6. The molecule has 28 heavy (non-hydrogen) atoms. The van der Waals surface area contributed by atoms with Crippen molar-refractivity contribution in [2.45, 2.75) is 26.7 Å². The van der Waals surface area contributed by atoms with Crippen molar-refractivity contribution >= 4 is 28.7 Å². The van der Waals surface area contributed by atoms with Crippen LogP contribution in [0.5, 0.6) is 0 Å². The quantitative estimate of drug-likeness (QED) is 0.577. The first-order valence-electron chi connectivity index (χ1n) is 8.85. The van der Waals surface area contributed by atoms with Gasteiger partial charge in [0.05, 0.1) is 12.1 Å². The number of aromatic nitrogens is 2. The van der Waals surface area contributed by atoms with Gasteiger partial charge in [0, 0.05) is 47.6 Å². The molecule has 0 saturated heterocycles. The molecule has 1 amide bonds. The predicted molar refractivity (Wildman–Crippen MR) is 108 cm³/mol. The molecule has 0 spiro atoms. The Morgan fingerprint density at radius 1 is 1.21 bits per heavy atom. The van der Waals surface area contributed by atoms with E-state index in [2.05, 4.69) is 9.97 Å². The SMILES string of the molecule is CCC(=O)N(C)c1ccc(-c2ccc(C(=O)Cc3nc(C)cs3)cn2)c(F)c1. The molecule has 0 atom stereocenters. The van der Waals surface area contributed by atoms with Crippen LogP contribution in [0.2, 0.25) is 0 Å². The van der Waals surface area contributed by atoms with E-state index in [9.17, 15) is 14.0 Å². The monoisotopic (exact) mass is 397 g/mol. The van der Waals surface area contributed by atoms with Crippen molar-refractivity contribution in [3.05, 3.63) is 64.0 Å². The lowest BCUT2D eigenvalue weighted by atomic mass is 10.1. The fraction of sp³-hybridized carbons (Fsp3) is 0.238. The average Bonchev–Trinajstić information content (AvgIpc) is 3.11. The summed E-state index contributed by atoms with van der Waals surface area (Å²) < 4.78 is 14.6. The van der Waals surface area contributed by atoms with Crippen LogP contribution in [-0.4, -0.2) is 28.7 Å². The van der Waals surface area contributed by atoms with Crippen LogP contribution in [0.3, 0.4) is 0 Å². The molecule has 144 valence electrons. The summed E-state index contributed by atoms with van der Waals surface area (Å²) in [5.74, 6) is -0.648. The molecule has 0 unspecified atom stereocenters. The van der Waals surface area contributed by atoms with E-state index in [-0.39, 0.29) is 18.1 Å². The lowest BCUT2D eigenvalue weighted by molar-refractivity contribution is -0.118. The van der Waals surface area contributed by atoms with Crippen molar-refractivity contribution in [3.8, 4) is 11.3 Å². The molecule has 0 N–H and O–H groups in total. The summed E-state index contributed by atoms with van der Waals surface area (Å²) in [6, 6.07) is 7.85. The van der Waals surface area contributed by atoms with E-state index < -0.39 is 5.82 Å². The first kappa shape index (κ1) is 19.8. The fourth-order valence-electron chi connectivity index (χ4n) is 2.74. The van der Waals surface area contributed by atoms with Gasteiger partial charge in [0.25, 0.3) is 0 Å². The van der Waals surface area contributed by atoms with E-state index in [0.29, 0.717) is 28.9 Å². The normalized spacial score (nSPS) is 10.7. The average molecular weight is 397 g/mol. The second-order valence-corrected chi connectivity index (χ2v) is 7.33. The van der Waals surface area contributed by atoms with Crippen LogP contribution in [0.25, 0.3) is 11.3 Å². The Morgan fingerprint density at radius 2 is 2.00 bits per heavy atom. The maximum absolute atomic E-state index is 14.6. The minimum atomic E-state index is -0.474. The molecule has 0 radical (unpaired) electrons. The molecule has 0 aliphatic heterocycles. The molecule has 3 rings (SSSR count). The van der Waals surface area contributed by atoms with Gasteiger partial charge in [-0.2, -0.15) is 0 Å². The van der Waals surface area contributed by atoms with Gasteiger partial charge in [-0.1, -0.05) is 6.92 Å². The first-order chi connectivity index (χ1) is 13.4. The number of benzene rings is 1. The lowest BCUT2D eigenvalue weighted by Crippen LogP contribution is -2.25. The molecule has 0 aliphatic rings. The van der Waals surface area contributed by atoms with E-state index in [1.165, 1.54) is 28.5 Å². The zero-order valence-electron chi connectivity index (χ0n) is 15.9. The highest BCUT2D eigenvalue weighted by Crippen LogP contribution is 2.26. The summed E-state index contributed by atoms with van der Waals surface area (Å²) >= 11 is 1.45. The van der Waals surface area contributed by atoms with E-state index in [1.54, 1.807) is 38.2 Å². The predicted octanol–water partition coefficient (Wildman–Crippen LogP) is 4.45. The van der Waals surface area contributed by atoms with Crippen molar-refractivity contribution in [1.29, 1.82) is 0 Å². The second-order valence-electron chi connectivity index (χ2n) is 6.39. The summed E-state index contributed by atoms with van der Waals surface area (Å²) in [7, 11) is 1.61. The first-order valence-corrected chi connectivity index (χ1v) is 9.73. The molecule has 2 aromatic heterocycles. The summed E-state index contributed by atoms with van der Waals surface area (Å²) in [6.45, 7) is 3.64. The molecular weight excluding hydrogens is 377 g/mol. The third kappa shape index (κ3) is 4.31.